The Kier molecular flexibility index (Phi) is 7.44. The number of aromatic nitrogens is 2. The fourth-order valence-corrected chi connectivity index (χ4v) is 3.21. The molecule has 166 valence electrons. The minimum atomic E-state index is -0.439. The standard InChI is InChI=1S/C25H27N3O4/c1-4-28(23(29)15-12-21-17-26(2)25(31)27(3)24(21)30)16-19-10-13-22(14-11-19)32-18-20-8-6-5-7-9-20/h5-15,17H,4,16,18H2,1-3H3/b15-12+. The summed E-state index contributed by atoms with van der Waals surface area (Å²) in [5, 5.41) is 0. The highest BCUT2D eigenvalue weighted by Crippen LogP contribution is 2.16. The molecule has 3 aromatic rings. The maximum atomic E-state index is 12.7. The van der Waals surface area contributed by atoms with Gasteiger partial charge in [0.2, 0.25) is 5.91 Å². The van der Waals surface area contributed by atoms with E-state index in [-0.39, 0.29) is 11.5 Å². The minimum absolute atomic E-state index is 0.215. The van der Waals surface area contributed by atoms with Crippen LogP contribution in [-0.4, -0.2) is 26.5 Å². The lowest BCUT2D eigenvalue weighted by Crippen LogP contribution is -2.37. The van der Waals surface area contributed by atoms with Gasteiger partial charge in [-0.05, 0) is 36.3 Å². The van der Waals surface area contributed by atoms with E-state index in [4.69, 9.17) is 4.74 Å². The smallest absolute Gasteiger partial charge is 0.330 e. The number of aryl methyl sites for hydroxylation is 1. The van der Waals surface area contributed by atoms with Crippen LogP contribution in [0.25, 0.3) is 6.08 Å². The van der Waals surface area contributed by atoms with Crippen LogP contribution in [0.5, 0.6) is 5.75 Å². The maximum Gasteiger partial charge on any atom is 0.330 e. The Labute approximate surface area is 186 Å². The molecular formula is C25H27N3O4. The first-order chi connectivity index (χ1) is 15.4. The number of benzene rings is 2. The number of rotatable bonds is 8. The lowest BCUT2D eigenvalue weighted by molar-refractivity contribution is -0.126. The molecule has 1 aromatic heterocycles. The van der Waals surface area contributed by atoms with Crippen molar-refractivity contribution >= 4 is 12.0 Å². The normalized spacial score (nSPS) is 11.0. The molecule has 0 bridgehead atoms. The molecule has 2 aromatic carbocycles. The lowest BCUT2D eigenvalue weighted by Gasteiger charge is -2.19. The highest BCUT2D eigenvalue weighted by molar-refractivity contribution is 5.91. The van der Waals surface area contributed by atoms with Gasteiger partial charge < -0.3 is 14.2 Å². The molecule has 0 radical (unpaired) electrons. The molecule has 7 heteroatoms. The first-order valence-electron chi connectivity index (χ1n) is 10.4. The fraction of sp³-hybridized carbons (Fsp3) is 0.240. The van der Waals surface area contributed by atoms with Gasteiger partial charge in [0.15, 0.2) is 0 Å². The van der Waals surface area contributed by atoms with Crippen molar-refractivity contribution in [1.29, 1.82) is 0 Å². The van der Waals surface area contributed by atoms with Crippen LogP contribution < -0.4 is 16.0 Å². The predicted molar refractivity (Wildman–Crippen MR) is 124 cm³/mol. The van der Waals surface area contributed by atoms with Crippen LogP contribution in [0.3, 0.4) is 0 Å². The van der Waals surface area contributed by atoms with Gasteiger partial charge in [-0.3, -0.25) is 14.2 Å². The summed E-state index contributed by atoms with van der Waals surface area (Å²) >= 11 is 0. The fourth-order valence-electron chi connectivity index (χ4n) is 3.21. The van der Waals surface area contributed by atoms with Crippen molar-refractivity contribution < 1.29 is 9.53 Å². The Hall–Kier alpha value is -3.87. The van der Waals surface area contributed by atoms with E-state index in [1.807, 2.05) is 61.5 Å². The first kappa shape index (κ1) is 22.8. The number of nitrogens with zero attached hydrogens (tertiary/aromatic N) is 3. The number of ether oxygens (including phenoxy) is 1. The maximum absolute atomic E-state index is 12.7. The molecule has 1 heterocycles. The SMILES string of the molecule is CCN(Cc1ccc(OCc2ccccc2)cc1)C(=O)/C=C/c1cn(C)c(=O)n(C)c1=O. The highest BCUT2D eigenvalue weighted by Gasteiger charge is 2.11. The van der Waals surface area contributed by atoms with Crippen LogP contribution in [0.15, 0.2) is 76.5 Å². The van der Waals surface area contributed by atoms with Crippen LogP contribution >= 0.6 is 0 Å². The van der Waals surface area contributed by atoms with Gasteiger partial charge in [-0.25, -0.2) is 4.79 Å². The van der Waals surface area contributed by atoms with E-state index >= 15 is 0 Å². The van der Waals surface area contributed by atoms with Gasteiger partial charge >= 0.3 is 5.69 Å². The van der Waals surface area contributed by atoms with E-state index in [2.05, 4.69) is 0 Å². The molecule has 3 rings (SSSR count). The number of hydrogen-bond donors (Lipinski definition) is 0. The van der Waals surface area contributed by atoms with Crippen molar-refractivity contribution in [3.63, 3.8) is 0 Å². The van der Waals surface area contributed by atoms with Crippen LogP contribution in [0, 0.1) is 0 Å². The third-order valence-corrected chi connectivity index (χ3v) is 5.12. The first-order valence-corrected chi connectivity index (χ1v) is 10.4. The van der Waals surface area contributed by atoms with E-state index in [0.29, 0.717) is 19.7 Å². The van der Waals surface area contributed by atoms with E-state index in [1.54, 1.807) is 11.9 Å². The Morgan fingerprint density at radius 3 is 2.34 bits per heavy atom. The average Bonchev–Trinajstić information content (AvgIpc) is 2.82. The summed E-state index contributed by atoms with van der Waals surface area (Å²) in [4.78, 5) is 38.3. The zero-order valence-corrected chi connectivity index (χ0v) is 18.5. The zero-order chi connectivity index (χ0) is 23.1. The van der Waals surface area contributed by atoms with Gasteiger partial charge in [0.25, 0.3) is 5.56 Å². The zero-order valence-electron chi connectivity index (χ0n) is 18.5. The van der Waals surface area contributed by atoms with Gasteiger partial charge in [-0.2, -0.15) is 0 Å². The van der Waals surface area contributed by atoms with Crippen LogP contribution in [-0.2, 0) is 32.0 Å². The lowest BCUT2D eigenvalue weighted by atomic mass is 10.2. The van der Waals surface area contributed by atoms with Gasteiger partial charge in [0.1, 0.15) is 12.4 Å². The Balaban J connectivity index is 1.63. The van der Waals surface area contributed by atoms with Crippen molar-refractivity contribution in [2.45, 2.75) is 20.1 Å². The quantitative estimate of drug-likeness (QED) is 0.512. The van der Waals surface area contributed by atoms with Crippen molar-refractivity contribution in [3.8, 4) is 5.75 Å². The van der Waals surface area contributed by atoms with Gasteiger partial charge in [0.05, 0.1) is 5.56 Å². The third kappa shape index (κ3) is 5.63. The Bertz CT molecular complexity index is 1210. The molecule has 0 saturated heterocycles. The molecule has 0 aliphatic heterocycles. The second kappa shape index (κ2) is 10.4. The summed E-state index contributed by atoms with van der Waals surface area (Å²) in [5.74, 6) is 0.546. The highest BCUT2D eigenvalue weighted by atomic mass is 16.5. The van der Waals surface area contributed by atoms with E-state index in [9.17, 15) is 14.4 Å². The molecule has 0 spiro atoms. The molecule has 0 saturated carbocycles. The number of carbonyl (C=O) groups excluding carboxylic acids is 1. The summed E-state index contributed by atoms with van der Waals surface area (Å²) in [6.45, 7) is 3.34. The van der Waals surface area contributed by atoms with Crippen molar-refractivity contribution in [1.82, 2.24) is 14.0 Å². The van der Waals surface area contributed by atoms with Crippen LogP contribution in [0.1, 0.15) is 23.6 Å². The summed E-state index contributed by atoms with van der Waals surface area (Å²) < 4.78 is 8.13. The summed E-state index contributed by atoms with van der Waals surface area (Å²) in [5.41, 5.74) is 1.49. The van der Waals surface area contributed by atoms with Crippen molar-refractivity contribution in [3.05, 3.63) is 104 Å². The van der Waals surface area contributed by atoms with Gasteiger partial charge in [0, 0.05) is 39.5 Å². The monoisotopic (exact) mass is 433 g/mol. The number of amides is 1. The van der Waals surface area contributed by atoms with Crippen molar-refractivity contribution in [2.75, 3.05) is 6.54 Å². The molecule has 0 aliphatic rings. The molecule has 0 N–H and O–H groups in total. The number of hydrogen-bond acceptors (Lipinski definition) is 4. The Morgan fingerprint density at radius 2 is 1.69 bits per heavy atom. The predicted octanol–water partition coefficient (Wildman–Crippen LogP) is 2.72. The van der Waals surface area contributed by atoms with E-state index < -0.39 is 11.2 Å². The summed E-state index contributed by atoms with van der Waals surface area (Å²) in [6, 6.07) is 17.6. The molecule has 1 amide bonds. The summed E-state index contributed by atoms with van der Waals surface area (Å²) in [6.07, 6.45) is 4.24. The average molecular weight is 434 g/mol. The number of likely N-dealkylation sites (N-methyl/N-ethyl adjacent to an activating group) is 1. The molecule has 0 unspecified atom stereocenters. The van der Waals surface area contributed by atoms with E-state index in [0.717, 1.165) is 21.4 Å². The second-order valence-electron chi connectivity index (χ2n) is 7.45. The molecular weight excluding hydrogens is 406 g/mol. The summed E-state index contributed by atoms with van der Waals surface area (Å²) in [7, 11) is 2.97. The largest absolute Gasteiger partial charge is 0.489 e. The van der Waals surface area contributed by atoms with Crippen LogP contribution in [0.2, 0.25) is 0 Å². The van der Waals surface area contributed by atoms with E-state index in [1.165, 1.54) is 30.0 Å². The second-order valence-corrected chi connectivity index (χ2v) is 7.45. The molecule has 32 heavy (non-hydrogen) atoms. The Morgan fingerprint density at radius 1 is 1.00 bits per heavy atom. The van der Waals surface area contributed by atoms with Gasteiger partial charge in [-0.15, -0.1) is 0 Å². The van der Waals surface area contributed by atoms with Crippen LogP contribution in [0.4, 0.5) is 0 Å². The third-order valence-electron chi connectivity index (χ3n) is 5.12. The molecule has 0 atom stereocenters. The molecule has 7 nitrogen and oxygen atoms in total. The number of carbonyl (C=O) groups is 1. The molecule has 0 fully saturated rings. The van der Waals surface area contributed by atoms with Gasteiger partial charge in [-0.1, -0.05) is 42.5 Å². The minimum Gasteiger partial charge on any atom is -0.489 e. The molecule has 0 aliphatic carbocycles. The topological polar surface area (TPSA) is 73.5 Å². The van der Waals surface area contributed by atoms with Crippen molar-refractivity contribution in [2.24, 2.45) is 14.1 Å².